The van der Waals surface area contributed by atoms with E-state index in [9.17, 15) is 4.55 Å². The van der Waals surface area contributed by atoms with Gasteiger partial charge in [0.2, 0.25) is 5.79 Å². The highest BCUT2D eigenvalue weighted by Gasteiger charge is 2.36. The van der Waals surface area contributed by atoms with Crippen LogP contribution in [0.4, 0.5) is 0 Å². The van der Waals surface area contributed by atoms with E-state index in [1.807, 2.05) is 31.9 Å². The molecule has 0 saturated heterocycles. The van der Waals surface area contributed by atoms with Crippen LogP contribution in [0.5, 0.6) is 0 Å². The third-order valence-electron chi connectivity index (χ3n) is 3.62. The van der Waals surface area contributed by atoms with Crippen LogP contribution in [0.1, 0.15) is 33.6 Å². The molecule has 7 heteroatoms. The van der Waals surface area contributed by atoms with Crippen molar-refractivity contribution in [3.63, 3.8) is 0 Å². The topological polar surface area (TPSA) is 88.7 Å². The van der Waals surface area contributed by atoms with Gasteiger partial charge in [0.1, 0.15) is 5.75 Å². The van der Waals surface area contributed by atoms with Crippen molar-refractivity contribution in [1.82, 2.24) is 15.2 Å². The number of nitrogens with zero attached hydrogens (tertiary/aromatic N) is 2. The summed E-state index contributed by atoms with van der Waals surface area (Å²) in [6, 6.07) is 0. The Hall–Kier alpha value is -1.12. The largest absolute Gasteiger partial charge is 0.598 e. The minimum atomic E-state index is -1.15. The van der Waals surface area contributed by atoms with Gasteiger partial charge in [0.25, 0.3) is 0 Å². The molecule has 1 saturated carbocycles. The van der Waals surface area contributed by atoms with Crippen LogP contribution < -0.4 is 15.9 Å². The van der Waals surface area contributed by atoms with Crippen LogP contribution in [0.25, 0.3) is 0 Å². The summed E-state index contributed by atoms with van der Waals surface area (Å²) in [7, 11) is 0. The van der Waals surface area contributed by atoms with Gasteiger partial charge >= 0.3 is 0 Å². The Labute approximate surface area is 148 Å². The van der Waals surface area contributed by atoms with Crippen LogP contribution in [0, 0.1) is 5.92 Å². The second-order valence-corrected chi connectivity index (χ2v) is 8.45. The van der Waals surface area contributed by atoms with E-state index in [4.69, 9.17) is 5.73 Å². The van der Waals surface area contributed by atoms with Crippen LogP contribution in [-0.4, -0.2) is 39.4 Å². The SMILES string of the molecule is C=C/C=N\C(N)(/C=C/C[S+]([O-])NC(C)(C)C)N1CC=C(C2CC2)N1. The zero-order valence-corrected chi connectivity index (χ0v) is 15.6. The van der Waals surface area contributed by atoms with E-state index in [-0.39, 0.29) is 5.54 Å². The first-order valence-electron chi connectivity index (χ1n) is 8.27. The molecule has 24 heavy (non-hydrogen) atoms. The molecule has 0 aromatic carbocycles. The van der Waals surface area contributed by atoms with E-state index < -0.39 is 17.1 Å². The molecule has 0 bridgehead atoms. The third kappa shape index (κ3) is 5.75. The van der Waals surface area contributed by atoms with E-state index in [1.54, 1.807) is 18.4 Å². The fourth-order valence-electron chi connectivity index (χ4n) is 2.39. The highest BCUT2D eigenvalue weighted by atomic mass is 32.2. The number of rotatable bonds is 8. The Morgan fingerprint density at radius 1 is 1.54 bits per heavy atom. The Kier molecular flexibility index (Phi) is 6.28. The lowest BCUT2D eigenvalue weighted by molar-refractivity contribution is 0.124. The van der Waals surface area contributed by atoms with Crippen LogP contribution >= 0.6 is 0 Å². The van der Waals surface area contributed by atoms with Gasteiger partial charge in [-0.15, -0.1) is 4.72 Å². The zero-order valence-electron chi connectivity index (χ0n) is 14.8. The van der Waals surface area contributed by atoms with Crippen LogP contribution in [0.2, 0.25) is 0 Å². The van der Waals surface area contributed by atoms with Crippen molar-refractivity contribution < 1.29 is 4.55 Å². The lowest BCUT2D eigenvalue weighted by Gasteiger charge is -2.32. The quantitative estimate of drug-likeness (QED) is 0.351. The Bertz CT molecular complexity index is 536. The van der Waals surface area contributed by atoms with E-state index >= 15 is 0 Å². The molecule has 2 rings (SSSR count). The molecule has 2 aliphatic rings. The summed E-state index contributed by atoms with van der Waals surface area (Å²) in [6.45, 7) is 10.3. The van der Waals surface area contributed by atoms with Gasteiger partial charge in [0.05, 0.1) is 5.54 Å². The minimum Gasteiger partial charge on any atom is -0.598 e. The number of hydrogen-bond acceptors (Lipinski definition) is 6. The fraction of sp³-hybridized carbons (Fsp3) is 0.588. The van der Waals surface area contributed by atoms with Gasteiger partial charge in [0.15, 0.2) is 0 Å². The summed E-state index contributed by atoms with van der Waals surface area (Å²) in [5.74, 6) is -0.0285. The molecular weight excluding hydrogens is 322 g/mol. The fourth-order valence-corrected chi connectivity index (χ4v) is 3.43. The van der Waals surface area contributed by atoms with E-state index in [0.717, 1.165) is 0 Å². The second kappa shape index (κ2) is 7.84. The molecule has 134 valence electrons. The van der Waals surface area contributed by atoms with E-state index in [0.29, 0.717) is 18.2 Å². The summed E-state index contributed by atoms with van der Waals surface area (Å²) in [4.78, 5) is 4.40. The molecule has 0 spiro atoms. The van der Waals surface area contributed by atoms with Crippen molar-refractivity contribution in [2.45, 2.75) is 44.9 Å². The second-order valence-electron chi connectivity index (χ2n) is 7.22. The van der Waals surface area contributed by atoms with Gasteiger partial charge in [-0.05, 0) is 57.8 Å². The van der Waals surface area contributed by atoms with Crippen molar-refractivity contribution in [2.75, 3.05) is 12.3 Å². The molecule has 6 nitrogen and oxygen atoms in total. The van der Waals surface area contributed by atoms with Gasteiger partial charge in [-0.3, -0.25) is 10.7 Å². The predicted molar refractivity (Wildman–Crippen MR) is 101 cm³/mol. The number of allylic oxidation sites excluding steroid dienone is 2. The summed E-state index contributed by atoms with van der Waals surface area (Å²) >= 11 is -1.15. The number of nitrogens with two attached hydrogens (primary N) is 1. The molecule has 4 N–H and O–H groups in total. The zero-order chi connectivity index (χ0) is 17.8. The summed E-state index contributed by atoms with van der Waals surface area (Å²) in [5, 5.41) is 1.89. The summed E-state index contributed by atoms with van der Waals surface area (Å²) < 4.78 is 15.1. The average molecular weight is 352 g/mol. The number of aliphatic imine (C=N–C) groups is 1. The smallest absolute Gasteiger partial charge is 0.201 e. The number of hydrogen-bond donors (Lipinski definition) is 3. The highest BCUT2D eigenvalue weighted by molar-refractivity contribution is 7.89. The molecule has 1 fully saturated rings. The van der Waals surface area contributed by atoms with Crippen molar-refractivity contribution in [1.29, 1.82) is 0 Å². The Balaban J connectivity index is 1.98. The first kappa shape index (κ1) is 19.2. The molecule has 1 heterocycles. The molecule has 2 atom stereocenters. The maximum atomic E-state index is 12.0. The molecule has 0 aromatic heterocycles. The van der Waals surface area contributed by atoms with Gasteiger partial charge in [-0.1, -0.05) is 12.7 Å². The molecule has 0 aromatic rings. The number of hydrazine groups is 1. The van der Waals surface area contributed by atoms with Crippen LogP contribution in [0.15, 0.2) is 41.6 Å². The molecule has 1 aliphatic heterocycles. The van der Waals surface area contributed by atoms with Crippen LogP contribution in [-0.2, 0) is 11.4 Å². The lowest BCUT2D eigenvalue weighted by Crippen LogP contribution is -2.57. The number of nitrogens with one attached hydrogen (secondary N) is 2. The van der Waals surface area contributed by atoms with Gasteiger partial charge < -0.3 is 9.98 Å². The molecule has 2 unspecified atom stereocenters. The summed E-state index contributed by atoms with van der Waals surface area (Å²) in [6.07, 6.45) is 11.4. The minimum absolute atomic E-state index is 0.195. The standard InChI is InChI=1S/C17H29N5OS/c1-5-11-19-17(18,10-6-13-24(23)21-16(2,3)4)22-12-9-15(20-22)14-7-8-14/h5-6,9-11,14,20-21H,1,7-8,12-13,18H2,2-4H3/b10-6+,19-11-. The monoisotopic (exact) mass is 351 g/mol. The van der Waals surface area contributed by atoms with Gasteiger partial charge in [-0.25, -0.2) is 0 Å². The summed E-state index contributed by atoms with van der Waals surface area (Å²) in [5.41, 5.74) is 10.9. The molecule has 1 aliphatic carbocycles. The van der Waals surface area contributed by atoms with E-state index in [1.165, 1.54) is 18.5 Å². The highest BCUT2D eigenvalue weighted by Crippen LogP contribution is 2.37. The maximum absolute atomic E-state index is 12.0. The van der Waals surface area contributed by atoms with Crippen LogP contribution in [0.3, 0.4) is 0 Å². The first-order chi connectivity index (χ1) is 11.2. The van der Waals surface area contributed by atoms with Crippen molar-refractivity contribution in [2.24, 2.45) is 16.6 Å². The Morgan fingerprint density at radius 2 is 2.25 bits per heavy atom. The van der Waals surface area contributed by atoms with E-state index in [2.05, 4.69) is 27.8 Å². The molecule has 0 amide bonds. The van der Waals surface area contributed by atoms with Gasteiger partial charge in [-0.2, -0.15) is 5.01 Å². The molecular formula is C17H29N5OS. The first-order valence-corrected chi connectivity index (χ1v) is 9.59. The van der Waals surface area contributed by atoms with Crippen molar-refractivity contribution in [3.8, 4) is 0 Å². The predicted octanol–water partition coefficient (Wildman–Crippen LogP) is 1.58. The Morgan fingerprint density at radius 3 is 2.83 bits per heavy atom. The normalized spacial score (nSPS) is 23.3. The van der Waals surface area contributed by atoms with Crippen molar-refractivity contribution >= 4 is 17.6 Å². The lowest BCUT2D eigenvalue weighted by atomic mass is 10.1. The maximum Gasteiger partial charge on any atom is 0.201 e. The van der Waals surface area contributed by atoms with Crippen molar-refractivity contribution in [3.05, 3.63) is 36.6 Å². The third-order valence-corrected chi connectivity index (χ3v) is 4.96. The average Bonchev–Trinajstić information content (AvgIpc) is 3.20. The molecule has 0 radical (unpaired) electrons. The van der Waals surface area contributed by atoms with Gasteiger partial charge in [0, 0.05) is 29.8 Å².